The minimum Gasteiger partial charge on any atom is -0.454 e. The van der Waals surface area contributed by atoms with E-state index >= 15 is 0 Å². The number of carbonyl (C=O) groups excluding carboxylic acids is 1. The van der Waals surface area contributed by atoms with Crippen LogP contribution in [0.2, 0.25) is 0 Å². The molecular weight excluding hydrogens is 386 g/mol. The van der Waals surface area contributed by atoms with E-state index in [1.165, 1.54) is 0 Å². The monoisotopic (exact) mass is 411 g/mol. The van der Waals surface area contributed by atoms with Crippen molar-refractivity contribution in [3.05, 3.63) is 36.2 Å². The van der Waals surface area contributed by atoms with Gasteiger partial charge in [-0.1, -0.05) is 6.07 Å². The lowest BCUT2D eigenvalue weighted by Gasteiger charge is -2.36. The summed E-state index contributed by atoms with van der Waals surface area (Å²) in [5.74, 6) is 3.43. The van der Waals surface area contributed by atoms with Crippen LogP contribution < -0.4 is 19.3 Å². The smallest absolute Gasteiger partial charge is 0.231 e. The number of ether oxygens (including phenoxy) is 3. The number of rotatable bonds is 4. The van der Waals surface area contributed by atoms with Crippen LogP contribution in [-0.4, -0.2) is 80.1 Å². The molecule has 0 unspecified atom stereocenters. The van der Waals surface area contributed by atoms with Crippen molar-refractivity contribution in [2.24, 2.45) is 0 Å². The molecule has 5 rings (SSSR count). The molecule has 0 N–H and O–H groups in total. The highest BCUT2D eigenvalue weighted by Crippen LogP contribution is 2.32. The fourth-order valence-electron chi connectivity index (χ4n) is 4.00. The van der Waals surface area contributed by atoms with E-state index in [0.29, 0.717) is 25.3 Å². The lowest BCUT2D eigenvalue weighted by molar-refractivity contribution is -0.130. The molecule has 0 bridgehead atoms. The Morgan fingerprint density at radius 1 is 0.867 bits per heavy atom. The first-order chi connectivity index (χ1) is 14.8. The predicted octanol–water partition coefficient (Wildman–Crippen LogP) is 0.933. The molecule has 9 nitrogen and oxygen atoms in total. The van der Waals surface area contributed by atoms with Gasteiger partial charge in [0.1, 0.15) is 18.0 Å². The first-order valence-corrected chi connectivity index (χ1v) is 10.3. The van der Waals surface area contributed by atoms with Gasteiger partial charge in [0.05, 0.1) is 19.6 Å². The molecule has 0 spiro atoms. The Bertz CT molecular complexity index is 910. The van der Waals surface area contributed by atoms with Crippen molar-refractivity contribution >= 4 is 17.5 Å². The van der Waals surface area contributed by atoms with Gasteiger partial charge in [-0.3, -0.25) is 4.79 Å². The van der Waals surface area contributed by atoms with Crippen LogP contribution in [0, 0.1) is 0 Å². The van der Waals surface area contributed by atoms with E-state index in [4.69, 9.17) is 14.2 Å². The highest BCUT2D eigenvalue weighted by atomic mass is 16.7. The van der Waals surface area contributed by atoms with E-state index in [-0.39, 0.29) is 12.7 Å². The number of morpholine rings is 1. The largest absolute Gasteiger partial charge is 0.454 e. The Morgan fingerprint density at radius 3 is 2.33 bits per heavy atom. The second-order valence-corrected chi connectivity index (χ2v) is 7.57. The Hall–Kier alpha value is -3.07. The highest BCUT2D eigenvalue weighted by molar-refractivity contribution is 5.79. The molecule has 4 heterocycles. The van der Waals surface area contributed by atoms with Crippen LogP contribution >= 0.6 is 0 Å². The summed E-state index contributed by atoms with van der Waals surface area (Å²) in [7, 11) is 0. The zero-order valence-corrected chi connectivity index (χ0v) is 16.8. The highest BCUT2D eigenvalue weighted by Gasteiger charge is 2.24. The Morgan fingerprint density at radius 2 is 1.57 bits per heavy atom. The van der Waals surface area contributed by atoms with E-state index < -0.39 is 0 Å². The summed E-state index contributed by atoms with van der Waals surface area (Å²) in [6.45, 7) is 6.26. The zero-order valence-electron chi connectivity index (χ0n) is 16.8. The maximum Gasteiger partial charge on any atom is 0.231 e. The molecule has 3 aliphatic heterocycles. The number of fused-ring (bicyclic) bond motifs is 1. The van der Waals surface area contributed by atoms with Crippen molar-refractivity contribution < 1.29 is 19.0 Å². The number of amides is 1. The molecule has 2 saturated heterocycles. The number of hydrogen-bond donors (Lipinski definition) is 0. The van der Waals surface area contributed by atoms with Gasteiger partial charge in [0.2, 0.25) is 12.7 Å². The van der Waals surface area contributed by atoms with Crippen molar-refractivity contribution in [1.82, 2.24) is 14.9 Å². The number of carbonyl (C=O) groups is 1. The number of benzene rings is 1. The minimum absolute atomic E-state index is 0.130. The quantitative estimate of drug-likeness (QED) is 0.735. The molecule has 0 aliphatic carbocycles. The fraction of sp³-hybridized carbons (Fsp3) is 0.476. The van der Waals surface area contributed by atoms with Crippen molar-refractivity contribution in [1.29, 1.82) is 0 Å². The first-order valence-electron chi connectivity index (χ1n) is 10.3. The normalized spacial score (nSPS) is 18.6. The molecule has 1 aromatic heterocycles. The van der Waals surface area contributed by atoms with Crippen molar-refractivity contribution in [2.45, 2.75) is 6.42 Å². The van der Waals surface area contributed by atoms with Crippen LogP contribution in [0.1, 0.15) is 5.56 Å². The third-order valence-electron chi connectivity index (χ3n) is 5.72. The molecular formula is C21H25N5O4. The second-order valence-electron chi connectivity index (χ2n) is 7.57. The van der Waals surface area contributed by atoms with E-state index in [9.17, 15) is 4.79 Å². The summed E-state index contributed by atoms with van der Waals surface area (Å²) < 4.78 is 16.2. The zero-order chi connectivity index (χ0) is 20.3. The summed E-state index contributed by atoms with van der Waals surface area (Å²) >= 11 is 0. The molecule has 2 aromatic rings. The van der Waals surface area contributed by atoms with E-state index in [2.05, 4.69) is 19.8 Å². The Balaban J connectivity index is 1.17. The Labute approximate surface area is 175 Å². The van der Waals surface area contributed by atoms with Gasteiger partial charge >= 0.3 is 0 Å². The van der Waals surface area contributed by atoms with Crippen molar-refractivity contribution in [3.63, 3.8) is 0 Å². The van der Waals surface area contributed by atoms with Gasteiger partial charge in [-0.2, -0.15) is 0 Å². The summed E-state index contributed by atoms with van der Waals surface area (Å²) in [5.41, 5.74) is 0.942. The summed E-state index contributed by atoms with van der Waals surface area (Å²) in [6, 6.07) is 7.72. The molecule has 9 heteroatoms. The van der Waals surface area contributed by atoms with Crippen LogP contribution in [-0.2, 0) is 16.0 Å². The third kappa shape index (κ3) is 3.97. The van der Waals surface area contributed by atoms with Crippen LogP contribution in [0.5, 0.6) is 11.5 Å². The minimum atomic E-state index is 0.130. The number of piperazine rings is 1. The van der Waals surface area contributed by atoms with Gasteiger partial charge in [0.15, 0.2) is 11.5 Å². The van der Waals surface area contributed by atoms with Crippen LogP contribution in [0.3, 0.4) is 0 Å². The SMILES string of the molecule is O=C(Cc1ccc2c(c1)OCO2)N1CCN(c2cc(N3CCOCC3)ncn2)CC1. The van der Waals surface area contributed by atoms with Crippen molar-refractivity contribution in [3.8, 4) is 11.5 Å². The van der Waals surface area contributed by atoms with Crippen molar-refractivity contribution in [2.75, 3.05) is 69.1 Å². The first kappa shape index (κ1) is 18.9. The van der Waals surface area contributed by atoms with Crippen LogP contribution in [0.4, 0.5) is 11.6 Å². The van der Waals surface area contributed by atoms with Gasteiger partial charge < -0.3 is 28.9 Å². The molecule has 0 saturated carbocycles. The maximum absolute atomic E-state index is 12.8. The lowest BCUT2D eigenvalue weighted by atomic mass is 10.1. The molecule has 1 aromatic carbocycles. The molecule has 3 aliphatic rings. The van der Waals surface area contributed by atoms with Gasteiger partial charge in [-0.15, -0.1) is 0 Å². The van der Waals surface area contributed by atoms with Crippen LogP contribution in [0.25, 0.3) is 0 Å². The molecule has 1 amide bonds. The molecule has 0 atom stereocenters. The number of hydrogen-bond acceptors (Lipinski definition) is 8. The average molecular weight is 411 g/mol. The number of aromatic nitrogens is 2. The molecule has 0 radical (unpaired) electrons. The maximum atomic E-state index is 12.8. The number of nitrogens with zero attached hydrogens (tertiary/aromatic N) is 5. The average Bonchev–Trinajstić information content (AvgIpc) is 3.28. The van der Waals surface area contributed by atoms with Gasteiger partial charge in [-0.25, -0.2) is 9.97 Å². The molecule has 30 heavy (non-hydrogen) atoms. The van der Waals surface area contributed by atoms with E-state index in [0.717, 1.165) is 62.3 Å². The van der Waals surface area contributed by atoms with Gasteiger partial charge in [0, 0.05) is 45.3 Å². The summed E-state index contributed by atoms with van der Waals surface area (Å²) in [4.78, 5) is 28.0. The predicted molar refractivity (Wildman–Crippen MR) is 110 cm³/mol. The third-order valence-corrected chi connectivity index (χ3v) is 5.72. The molecule has 2 fully saturated rings. The van der Waals surface area contributed by atoms with E-state index in [1.54, 1.807) is 6.33 Å². The number of anilines is 2. The standard InChI is InChI=1S/C21H25N5O4/c27-21(12-16-1-2-17-18(11-16)30-15-29-17)26-5-3-24(4-6-26)19-13-20(23-14-22-19)25-7-9-28-10-8-25/h1-2,11,13-14H,3-10,12,15H2. The Kier molecular flexibility index (Phi) is 5.27. The van der Waals surface area contributed by atoms with Gasteiger partial charge in [-0.05, 0) is 17.7 Å². The summed E-state index contributed by atoms with van der Waals surface area (Å²) in [5, 5.41) is 0. The molecule has 158 valence electrons. The summed E-state index contributed by atoms with van der Waals surface area (Å²) in [6.07, 6.45) is 1.99. The van der Waals surface area contributed by atoms with E-state index in [1.807, 2.05) is 29.2 Å². The topological polar surface area (TPSA) is 80.3 Å². The van der Waals surface area contributed by atoms with Gasteiger partial charge in [0.25, 0.3) is 0 Å². The fourth-order valence-corrected chi connectivity index (χ4v) is 4.00. The second kappa shape index (κ2) is 8.35. The lowest BCUT2D eigenvalue weighted by Crippen LogP contribution is -2.49. The van der Waals surface area contributed by atoms with Crippen LogP contribution in [0.15, 0.2) is 30.6 Å².